The molecule has 5 atom stereocenters. The second kappa shape index (κ2) is 69.4. The van der Waals surface area contributed by atoms with E-state index in [4.69, 9.17) is 37.0 Å². The van der Waals surface area contributed by atoms with Crippen LogP contribution in [0.3, 0.4) is 0 Å². The molecule has 0 aliphatic heterocycles. The van der Waals surface area contributed by atoms with Gasteiger partial charge in [0.05, 0.1) is 26.4 Å². The third kappa shape index (κ3) is 72.4. The first-order chi connectivity index (χ1) is 47.2. The molecule has 0 spiro atoms. The van der Waals surface area contributed by atoms with Crippen LogP contribution in [0.1, 0.15) is 408 Å². The van der Waals surface area contributed by atoms with Gasteiger partial charge in [0.2, 0.25) is 0 Å². The molecule has 0 saturated heterocycles. The lowest BCUT2D eigenvalue weighted by Crippen LogP contribution is -2.30. The fraction of sp³-hybridized carbons (Fsp3) is 0.949. The maximum absolute atomic E-state index is 13.1. The molecule has 0 amide bonds. The maximum atomic E-state index is 13.1. The van der Waals surface area contributed by atoms with Gasteiger partial charge in [0.1, 0.15) is 19.3 Å². The smallest absolute Gasteiger partial charge is 0.462 e. The number of aliphatic hydroxyl groups is 1. The fourth-order valence-electron chi connectivity index (χ4n) is 12.1. The predicted octanol–water partition coefficient (Wildman–Crippen LogP) is 23.4. The lowest BCUT2D eigenvalue weighted by molar-refractivity contribution is -0.161. The molecule has 3 N–H and O–H groups in total. The number of hydrogen-bond acceptors (Lipinski definition) is 15. The van der Waals surface area contributed by atoms with E-state index in [-0.39, 0.29) is 25.7 Å². The summed E-state index contributed by atoms with van der Waals surface area (Å²) in [6.07, 6.45) is 56.7. The molecule has 17 nitrogen and oxygen atoms in total. The summed E-state index contributed by atoms with van der Waals surface area (Å²) in [7, 11) is -9.92. The summed E-state index contributed by atoms with van der Waals surface area (Å²) < 4.78 is 68.7. The third-order valence-corrected chi connectivity index (χ3v) is 20.3. The molecule has 0 aliphatic rings. The third-order valence-electron chi connectivity index (χ3n) is 18.4. The van der Waals surface area contributed by atoms with Gasteiger partial charge in [-0.1, -0.05) is 357 Å². The van der Waals surface area contributed by atoms with Gasteiger partial charge < -0.3 is 33.8 Å². The van der Waals surface area contributed by atoms with E-state index in [0.717, 1.165) is 108 Å². The normalized spacial score (nSPS) is 14.0. The summed E-state index contributed by atoms with van der Waals surface area (Å²) in [5.41, 5.74) is 0. The van der Waals surface area contributed by atoms with Crippen molar-refractivity contribution in [2.45, 2.75) is 426 Å². The molecule has 0 aromatic rings. The number of aliphatic hydroxyl groups excluding tert-OH is 1. The molecule has 98 heavy (non-hydrogen) atoms. The van der Waals surface area contributed by atoms with Crippen LogP contribution in [0.15, 0.2) is 0 Å². The number of phosphoric acid groups is 2. The Labute approximate surface area is 600 Å². The van der Waals surface area contributed by atoms with E-state index in [9.17, 15) is 43.2 Å². The van der Waals surface area contributed by atoms with Crippen molar-refractivity contribution in [3.05, 3.63) is 0 Å². The molecule has 0 rings (SSSR count). The average molecular weight is 1440 g/mol. The molecule has 2 unspecified atom stereocenters. The molecule has 0 fully saturated rings. The van der Waals surface area contributed by atoms with Crippen molar-refractivity contribution in [1.82, 2.24) is 0 Å². The minimum Gasteiger partial charge on any atom is -0.462 e. The Kier molecular flexibility index (Phi) is 68.1. The Hall–Kier alpha value is -1.94. The number of carbonyl (C=O) groups excluding carboxylic acids is 4. The minimum atomic E-state index is -4.96. The van der Waals surface area contributed by atoms with Gasteiger partial charge in [-0.15, -0.1) is 0 Å². The number of carbonyl (C=O) groups is 4. The monoisotopic (exact) mass is 1440 g/mol. The van der Waals surface area contributed by atoms with E-state index in [0.29, 0.717) is 25.7 Å². The Morgan fingerprint density at radius 3 is 0.694 bits per heavy atom. The van der Waals surface area contributed by atoms with Crippen LogP contribution in [-0.2, 0) is 65.4 Å². The van der Waals surface area contributed by atoms with E-state index in [1.807, 2.05) is 0 Å². The highest BCUT2D eigenvalue weighted by Crippen LogP contribution is 2.45. The topological polar surface area (TPSA) is 237 Å². The summed E-state index contributed by atoms with van der Waals surface area (Å²) in [5, 5.41) is 10.6. The summed E-state index contributed by atoms with van der Waals surface area (Å²) in [5.74, 6) is 0.252. The van der Waals surface area contributed by atoms with Crippen molar-refractivity contribution in [3.8, 4) is 0 Å². The highest BCUT2D eigenvalue weighted by atomic mass is 31.2. The molecule has 0 heterocycles. The van der Waals surface area contributed by atoms with Crippen LogP contribution in [0, 0.1) is 17.8 Å². The van der Waals surface area contributed by atoms with E-state index in [2.05, 4.69) is 48.5 Å². The fourth-order valence-corrected chi connectivity index (χ4v) is 13.7. The van der Waals surface area contributed by atoms with Gasteiger partial charge in [0.25, 0.3) is 0 Å². The van der Waals surface area contributed by atoms with Gasteiger partial charge in [-0.05, 0) is 43.4 Å². The van der Waals surface area contributed by atoms with Crippen molar-refractivity contribution < 1.29 is 80.2 Å². The molecule has 582 valence electrons. The number of esters is 4. The van der Waals surface area contributed by atoms with Gasteiger partial charge in [0.15, 0.2) is 12.2 Å². The quantitative estimate of drug-likeness (QED) is 0.0222. The molecule has 0 aliphatic carbocycles. The average Bonchev–Trinajstić information content (AvgIpc) is 2.08. The molecule has 0 radical (unpaired) electrons. The standard InChI is InChI=1S/C79H154O17P2/c1-8-9-10-11-12-13-32-39-46-53-60-76(81)89-66-74(95-78(83)62-55-48-41-34-27-21-15-18-24-30-37-44-51-58-71(4)5)68-93-97(85,86)91-64-73(80)65-92-98(87,88)94-69-75(96-79(84)63-56-49-42-35-28-22-16-19-25-31-38-45-52-59-72(6)7)67-90-77(82)61-54-47-40-33-26-20-14-17-23-29-36-43-50-57-70(2)3/h70-75,80H,8-69H2,1-7H3,(H,85,86)(H,87,88)/t73-,74+,75+/m0/s1. The lowest BCUT2D eigenvalue weighted by Gasteiger charge is -2.21. The van der Waals surface area contributed by atoms with E-state index < -0.39 is 97.5 Å². The summed E-state index contributed by atoms with van der Waals surface area (Å²) in [4.78, 5) is 73.0. The summed E-state index contributed by atoms with van der Waals surface area (Å²) in [6.45, 7) is 12.0. The van der Waals surface area contributed by atoms with E-state index in [1.54, 1.807) is 0 Å². The zero-order valence-electron chi connectivity index (χ0n) is 64.3. The Bertz CT molecular complexity index is 1900. The SMILES string of the molecule is CCCCCCCCCCCCC(=O)OC[C@H](COP(=O)(O)OC[C@H](O)COP(=O)(O)OC[C@@H](COC(=O)CCCCCCCCCCCCCCCC(C)C)OC(=O)CCCCCCCCCCCCCCCC(C)C)OC(=O)CCCCCCCCCCCCCCCC(C)C. The Morgan fingerprint density at radius 2 is 0.469 bits per heavy atom. The molecule has 19 heteroatoms. The van der Waals surface area contributed by atoms with Crippen LogP contribution in [0.4, 0.5) is 0 Å². The number of unbranched alkanes of at least 4 members (excludes halogenated alkanes) is 45. The van der Waals surface area contributed by atoms with Gasteiger partial charge in [-0.3, -0.25) is 37.3 Å². The Morgan fingerprint density at radius 1 is 0.276 bits per heavy atom. The van der Waals surface area contributed by atoms with E-state index in [1.165, 1.54) is 218 Å². The first-order valence-corrected chi connectivity index (χ1v) is 43.8. The van der Waals surface area contributed by atoms with E-state index >= 15 is 0 Å². The van der Waals surface area contributed by atoms with Crippen molar-refractivity contribution in [1.29, 1.82) is 0 Å². The number of hydrogen-bond donors (Lipinski definition) is 3. The van der Waals surface area contributed by atoms with Crippen LogP contribution in [0.25, 0.3) is 0 Å². The van der Waals surface area contributed by atoms with Gasteiger partial charge in [-0.25, -0.2) is 9.13 Å². The van der Waals surface area contributed by atoms with Gasteiger partial charge in [-0.2, -0.15) is 0 Å². The van der Waals surface area contributed by atoms with Crippen molar-refractivity contribution >= 4 is 39.5 Å². The Balaban J connectivity index is 5.25. The van der Waals surface area contributed by atoms with Gasteiger partial charge in [0, 0.05) is 25.7 Å². The molecular weight excluding hydrogens is 1280 g/mol. The molecule has 0 bridgehead atoms. The zero-order chi connectivity index (χ0) is 72.3. The minimum absolute atomic E-state index is 0.107. The van der Waals surface area contributed by atoms with Crippen molar-refractivity contribution in [3.63, 3.8) is 0 Å². The second-order valence-electron chi connectivity index (χ2n) is 29.9. The van der Waals surface area contributed by atoms with Crippen molar-refractivity contribution in [2.75, 3.05) is 39.6 Å². The van der Waals surface area contributed by atoms with Crippen LogP contribution in [0.2, 0.25) is 0 Å². The molecule has 0 aromatic heterocycles. The molecule has 0 aromatic carbocycles. The first kappa shape index (κ1) is 96.1. The highest BCUT2D eigenvalue weighted by Gasteiger charge is 2.30. The zero-order valence-corrected chi connectivity index (χ0v) is 66.0. The largest absolute Gasteiger partial charge is 0.472 e. The van der Waals surface area contributed by atoms with Crippen LogP contribution in [0.5, 0.6) is 0 Å². The molecular formula is C79H154O17P2. The van der Waals surface area contributed by atoms with Crippen LogP contribution in [-0.4, -0.2) is 96.7 Å². The van der Waals surface area contributed by atoms with Crippen LogP contribution >= 0.6 is 15.6 Å². The van der Waals surface area contributed by atoms with Crippen LogP contribution < -0.4 is 0 Å². The number of rotatable bonds is 77. The lowest BCUT2D eigenvalue weighted by atomic mass is 10.0. The van der Waals surface area contributed by atoms with Crippen molar-refractivity contribution in [2.24, 2.45) is 17.8 Å². The summed E-state index contributed by atoms with van der Waals surface area (Å²) >= 11 is 0. The highest BCUT2D eigenvalue weighted by molar-refractivity contribution is 7.47. The molecule has 0 saturated carbocycles. The predicted molar refractivity (Wildman–Crippen MR) is 400 cm³/mol. The maximum Gasteiger partial charge on any atom is 0.472 e. The first-order valence-electron chi connectivity index (χ1n) is 40.8. The second-order valence-corrected chi connectivity index (χ2v) is 32.8. The van der Waals surface area contributed by atoms with Gasteiger partial charge >= 0.3 is 39.5 Å². The number of ether oxygens (including phenoxy) is 4. The summed E-state index contributed by atoms with van der Waals surface area (Å²) in [6, 6.07) is 0. The number of phosphoric ester groups is 2.